The molecule has 2 aliphatic rings. The van der Waals surface area contributed by atoms with Gasteiger partial charge in [-0.1, -0.05) is 0 Å². The van der Waals surface area contributed by atoms with Gasteiger partial charge in [0, 0.05) is 55.5 Å². The maximum atomic E-state index is 12.4. The van der Waals surface area contributed by atoms with E-state index in [1.54, 1.807) is 12.3 Å². The third kappa shape index (κ3) is 3.59. The lowest BCUT2D eigenvalue weighted by atomic mass is 10.2. The van der Waals surface area contributed by atoms with Crippen molar-refractivity contribution < 1.29 is 4.79 Å². The fraction of sp³-hybridized carbons (Fsp3) is 0.600. The molecule has 1 unspecified atom stereocenters. The van der Waals surface area contributed by atoms with Crippen LogP contribution in [0.2, 0.25) is 0 Å². The minimum atomic E-state index is -0.146. The smallest absolute Gasteiger partial charge is 0.251 e. The van der Waals surface area contributed by atoms with E-state index in [0.717, 1.165) is 43.7 Å². The molecular formula is C15H21BrN4O2. The predicted octanol–water partition coefficient (Wildman–Crippen LogP) is 0.117. The van der Waals surface area contributed by atoms with Crippen molar-refractivity contribution in [2.75, 3.05) is 39.3 Å². The molecule has 2 fully saturated rings. The summed E-state index contributed by atoms with van der Waals surface area (Å²) in [5.74, 6) is 0.0180. The summed E-state index contributed by atoms with van der Waals surface area (Å²) in [4.78, 5) is 28.5. The van der Waals surface area contributed by atoms with Gasteiger partial charge in [0.25, 0.3) is 5.56 Å². The van der Waals surface area contributed by atoms with Gasteiger partial charge < -0.3 is 14.8 Å². The standard InChI is InChI=1S/C15H21BrN4O2/c16-12-1-2-14(21)20(10-12)11-15(22)19-7-5-18(6-8-19)13-3-4-17-9-13/h1-2,10,13,17H,3-9,11H2. The molecule has 22 heavy (non-hydrogen) atoms. The van der Waals surface area contributed by atoms with Gasteiger partial charge in [0.05, 0.1) is 0 Å². The highest BCUT2D eigenvalue weighted by atomic mass is 79.9. The third-order valence-electron chi connectivity index (χ3n) is 4.47. The largest absolute Gasteiger partial charge is 0.339 e. The summed E-state index contributed by atoms with van der Waals surface area (Å²) in [6.45, 7) is 5.60. The first-order chi connectivity index (χ1) is 10.6. The van der Waals surface area contributed by atoms with Gasteiger partial charge in [0.15, 0.2) is 0 Å². The van der Waals surface area contributed by atoms with E-state index in [1.807, 2.05) is 4.90 Å². The van der Waals surface area contributed by atoms with E-state index in [1.165, 1.54) is 17.1 Å². The van der Waals surface area contributed by atoms with Crippen LogP contribution >= 0.6 is 15.9 Å². The van der Waals surface area contributed by atoms with Gasteiger partial charge in [-0.15, -0.1) is 0 Å². The summed E-state index contributed by atoms with van der Waals surface area (Å²) < 4.78 is 2.26. The van der Waals surface area contributed by atoms with Crippen LogP contribution in [0.5, 0.6) is 0 Å². The van der Waals surface area contributed by atoms with E-state index in [9.17, 15) is 9.59 Å². The number of nitrogens with one attached hydrogen (secondary N) is 1. The number of hydrogen-bond donors (Lipinski definition) is 1. The van der Waals surface area contributed by atoms with Gasteiger partial charge in [0.1, 0.15) is 6.54 Å². The van der Waals surface area contributed by atoms with Crippen molar-refractivity contribution in [1.29, 1.82) is 0 Å². The fourth-order valence-electron chi connectivity index (χ4n) is 3.16. The van der Waals surface area contributed by atoms with Crippen LogP contribution in [-0.2, 0) is 11.3 Å². The number of carbonyl (C=O) groups excluding carboxylic acids is 1. The molecule has 120 valence electrons. The first-order valence-corrected chi connectivity index (χ1v) is 8.51. The number of pyridine rings is 1. The van der Waals surface area contributed by atoms with Crippen molar-refractivity contribution >= 4 is 21.8 Å². The molecule has 0 aliphatic carbocycles. The lowest BCUT2D eigenvalue weighted by molar-refractivity contribution is -0.133. The number of halogens is 1. The van der Waals surface area contributed by atoms with Crippen LogP contribution in [0.3, 0.4) is 0 Å². The molecule has 0 bridgehead atoms. The van der Waals surface area contributed by atoms with E-state index in [2.05, 4.69) is 26.1 Å². The molecule has 6 nitrogen and oxygen atoms in total. The van der Waals surface area contributed by atoms with Crippen molar-refractivity contribution in [3.63, 3.8) is 0 Å². The van der Waals surface area contributed by atoms with E-state index in [-0.39, 0.29) is 18.0 Å². The summed E-state index contributed by atoms with van der Waals surface area (Å²) in [6.07, 6.45) is 2.86. The van der Waals surface area contributed by atoms with Crippen LogP contribution in [0.25, 0.3) is 0 Å². The summed E-state index contributed by atoms with van der Waals surface area (Å²) in [5, 5.41) is 3.38. The molecule has 3 heterocycles. The van der Waals surface area contributed by atoms with Crippen LogP contribution in [0, 0.1) is 0 Å². The average molecular weight is 369 g/mol. The molecule has 0 radical (unpaired) electrons. The average Bonchev–Trinajstić information content (AvgIpc) is 3.05. The van der Waals surface area contributed by atoms with Crippen LogP contribution in [-0.4, -0.2) is 65.6 Å². The highest BCUT2D eigenvalue weighted by Crippen LogP contribution is 2.12. The molecule has 0 spiro atoms. The molecule has 2 aliphatic heterocycles. The molecule has 3 rings (SSSR count). The molecule has 0 aromatic carbocycles. The number of nitrogens with zero attached hydrogens (tertiary/aromatic N) is 3. The fourth-order valence-corrected chi connectivity index (χ4v) is 3.54. The number of amides is 1. The second-order valence-electron chi connectivity index (χ2n) is 5.88. The van der Waals surface area contributed by atoms with Gasteiger partial charge in [-0.25, -0.2) is 0 Å². The van der Waals surface area contributed by atoms with E-state index >= 15 is 0 Å². The molecule has 1 aromatic heterocycles. The molecule has 1 amide bonds. The van der Waals surface area contributed by atoms with E-state index in [0.29, 0.717) is 6.04 Å². The Labute approximate surface area is 138 Å². The minimum absolute atomic E-state index is 0.0180. The van der Waals surface area contributed by atoms with Gasteiger partial charge in [0.2, 0.25) is 5.91 Å². The van der Waals surface area contributed by atoms with E-state index < -0.39 is 0 Å². The number of hydrogen-bond acceptors (Lipinski definition) is 4. The summed E-state index contributed by atoms with van der Waals surface area (Å²) in [5.41, 5.74) is -0.146. The second-order valence-corrected chi connectivity index (χ2v) is 6.79. The van der Waals surface area contributed by atoms with Crippen LogP contribution in [0.15, 0.2) is 27.6 Å². The van der Waals surface area contributed by atoms with Crippen LogP contribution in [0.4, 0.5) is 0 Å². The summed E-state index contributed by atoms with van der Waals surface area (Å²) >= 11 is 3.33. The lowest BCUT2D eigenvalue weighted by Gasteiger charge is -2.37. The Morgan fingerprint density at radius 3 is 2.73 bits per heavy atom. The van der Waals surface area contributed by atoms with Gasteiger partial charge in [-0.2, -0.15) is 0 Å². The Hall–Kier alpha value is -1.18. The monoisotopic (exact) mass is 368 g/mol. The van der Waals surface area contributed by atoms with Crippen LogP contribution in [0.1, 0.15) is 6.42 Å². The minimum Gasteiger partial charge on any atom is -0.339 e. The SMILES string of the molecule is O=C(Cn1cc(Br)ccc1=O)N1CCN(C2CCNC2)CC1. The maximum Gasteiger partial charge on any atom is 0.251 e. The summed E-state index contributed by atoms with van der Waals surface area (Å²) in [6, 6.07) is 3.78. The highest BCUT2D eigenvalue weighted by Gasteiger charge is 2.27. The lowest BCUT2D eigenvalue weighted by Crippen LogP contribution is -2.53. The first kappa shape index (κ1) is 15.7. The summed E-state index contributed by atoms with van der Waals surface area (Å²) in [7, 11) is 0. The van der Waals surface area contributed by atoms with Gasteiger partial charge in [-0.3, -0.25) is 14.5 Å². The molecule has 2 saturated heterocycles. The quantitative estimate of drug-likeness (QED) is 0.822. The number of carbonyl (C=O) groups is 1. The molecule has 1 aromatic rings. The highest BCUT2D eigenvalue weighted by molar-refractivity contribution is 9.10. The molecule has 1 atom stereocenters. The third-order valence-corrected chi connectivity index (χ3v) is 4.94. The zero-order valence-electron chi connectivity index (χ0n) is 12.5. The van der Waals surface area contributed by atoms with Crippen molar-refractivity contribution in [2.24, 2.45) is 0 Å². The van der Waals surface area contributed by atoms with Crippen molar-refractivity contribution in [1.82, 2.24) is 19.7 Å². The van der Waals surface area contributed by atoms with E-state index in [4.69, 9.17) is 0 Å². The Balaban J connectivity index is 1.55. The number of aromatic nitrogens is 1. The molecular weight excluding hydrogens is 348 g/mol. The number of rotatable bonds is 3. The van der Waals surface area contributed by atoms with Gasteiger partial charge >= 0.3 is 0 Å². The van der Waals surface area contributed by atoms with Gasteiger partial charge in [-0.05, 0) is 35.0 Å². The maximum absolute atomic E-state index is 12.4. The van der Waals surface area contributed by atoms with Crippen molar-refractivity contribution in [2.45, 2.75) is 19.0 Å². The molecule has 1 N–H and O–H groups in total. The molecule has 0 saturated carbocycles. The second kappa shape index (κ2) is 6.93. The molecule has 7 heteroatoms. The Morgan fingerprint density at radius 2 is 2.05 bits per heavy atom. The predicted molar refractivity (Wildman–Crippen MR) is 87.8 cm³/mol. The van der Waals surface area contributed by atoms with Crippen LogP contribution < -0.4 is 10.9 Å². The van der Waals surface area contributed by atoms with Crippen molar-refractivity contribution in [3.05, 3.63) is 33.2 Å². The normalized spacial score (nSPS) is 23.0. The van der Waals surface area contributed by atoms with Crippen molar-refractivity contribution in [3.8, 4) is 0 Å². The number of piperazine rings is 1. The first-order valence-electron chi connectivity index (χ1n) is 7.72. The zero-order chi connectivity index (χ0) is 15.5. The Bertz CT molecular complexity index is 589. The Morgan fingerprint density at radius 1 is 1.27 bits per heavy atom. The topological polar surface area (TPSA) is 57.6 Å². The Kier molecular flexibility index (Phi) is 4.95. The zero-order valence-corrected chi connectivity index (χ0v) is 14.1.